The summed E-state index contributed by atoms with van der Waals surface area (Å²) < 4.78 is 0. The van der Waals surface area contributed by atoms with E-state index in [2.05, 4.69) is 5.32 Å². The molecule has 0 saturated heterocycles. The molecule has 1 aromatic carbocycles. The van der Waals surface area contributed by atoms with E-state index < -0.39 is 12.3 Å². The molecule has 3 N–H and O–H groups in total. The van der Waals surface area contributed by atoms with Gasteiger partial charge in [-0.2, -0.15) is 0 Å². The second-order valence-electron chi connectivity index (χ2n) is 3.63. The van der Waals surface area contributed by atoms with Crippen LogP contribution in [0, 0.1) is 0 Å². The van der Waals surface area contributed by atoms with Crippen molar-refractivity contribution >= 4 is 34.9 Å². The highest BCUT2D eigenvalue weighted by Crippen LogP contribution is 2.35. The number of anilines is 1. The number of nitrogens with two attached hydrogens (primary N) is 1. The van der Waals surface area contributed by atoms with E-state index in [0.29, 0.717) is 16.6 Å². The second kappa shape index (κ2) is 4.70. The molecular weight excluding hydrogens is 265 g/mol. The summed E-state index contributed by atoms with van der Waals surface area (Å²) in [4.78, 5) is 15.9. The smallest absolute Gasteiger partial charge is 0.322 e. The van der Waals surface area contributed by atoms with E-state index in [1.165, 1.54) is 12.0 Å². The molecule has 1 heterocycles. The number of nitrogens with zero attached hydrogens (tertiary/aromatic N) is 1. The number of benzene rings is 1. The molecule has 0 aromatic heterocycles. The number of halogens is 2. The molecule has 0 aliphatic carbocycles. The van der Waals surface area contributed by atoms with Crippen molar-refractivity contribution < 1.29 is 9.63 Å². The molecule has 1 aliphatic rings. The Morgan fingerprint density at radius 3 is 2.94 bits per heavy atom. The summed E-state index contributed by atoms with van der Waals surface area (Å²) in [6.07, 6.45) is -0.608. The van der Waals surface area contributed by atoms with Crippen LogP contribution in [0.5, 0.6) is 0 Å². The number of hydroxylamine groups is 2. The van der Waals surface area contributed by atoms with Crippen LogP contribution in [0.1, 0.15) is 12.5 Å². The summed E-state index contributed by atoms with van der Waals surface area (Å²) in [5.74, 6) is -0.441. The third-order valence-corrected chi connectivity index (χ3v) is 3.21. The van der Waals surface area contributed by atoms with Gasteiger partial charge in [0, 0.05) is 18.2 Å². The zero-order chi connectivity index (χ0) is 12.6. The monoisotopic (exact) mass is 275 g/mol. The number of nitrogens with one attached hydrogen (secondary N) is 1. The van der Waals surface area contributed by atoms with Crippen molar-refractivity contribution in [1.29, 1.82) is 0 Å². The van der Waals surface area contributed by atoms with Crippen molar-refractivity contribution in [3.8, 4) is 0 Å². The van der Waals surface area contributed by atoms with Crippen molar-refractivity contribution in [2.24, 2.45) is 5.73 Å². The van der Waals surface area contributed by atoms with E-state index in [-0.39, 0.29) is 0 Å². The standard InChI is InChI=1S/C10H11Cl2N3O2/c1-5(16)17-15-4-6-8(14-10(15)13)3-2-7(11)9(6)12/h2-3,10,14H,4,13H2,1H3. The largest absolute Gasteiger partial charge is 0.365 e. The van der Waals surface area contributed by atoms with Gasteiger partial charge >= 0.3 is 5.97 Å². The molecule has 0 spiro atoms. The van der Waals surface area contributed by atoms with Gasteiger partial charge in [-0.25, -0.2) is 0 Å². The quantitative estimate of drug-likeness (QED) is 0.820. The molecule has 0 fully saturated rings. The van der Waals surface area contributed by atoms with Crippen LogP contribution in [0.25, 0.3) is 0 Å². The molecule has 92 valence electrons. The van der Waals surface area contributed by atoms with Crippen molar-refractivity contribution in [3.05, 3.63) is 27.7 Å². The van der Waals surface area contributed by atoms with E-state index in [1.54, 1.807) is 12.1 Å². The van der Waals surface area contributed by atoms with Crippen molar-refractivity contribution in [2.45, 2.75) is 19.8 Å². The first-order chi connectivity index (χ1) is 7.99. The van der Waals surface area contributed by atoms with Gasteiger partial charge in [0.05, 0.1) is 16.6 Å². The molecule has 1 aromatic rings. The summed E-state index contributed by atoms with van der Waals surface area (Å²) in [5.41, 5.74) is 7.33. The normalized spacial score (nSPS) is 19.4. The predicted molar refractivity (Wildman–Crippen MR) is 65.4 cm³/mol. The van der Waals surface area contributed by atoms with Crippen LogP contribution in [0.15, 0.2) is 12.1 Å². The summed E-state index contributed by atoms with van der Waals surface area (Å²) in [5, 5.41) is 5.16. The maximum Gasteiger partial charge on any atom is 0.322 e. The molecule has 1 atom stereocenters. The number of carbonyl (C=O) groups is 1. The molecule has 7 heteroatoms. The van der Waals surface area contributed by atoms with Gasteiger partial charge in [-0.3, -0.25) is 10.5 Å². The van der Waals surface area contributed by atoms with Crippen LogP contribution in [0.3, 0.4) is 0 Å². The van der Waals surface area contributed by atoms with Crippen molar-refractivity contribution in [2.75, 3.05) is 5.32 Å². The minimum atomic E-state index is -0.608. The molecule has 1 unspecified atom stereocenters. The number of carbonyl (C=O) groups excluding carboxylic acids is 1. The fourth-order valence-corrected chi connectivity index (χ4v) is 2.02. The lowest BCUT2D eigenvalue weighted by atomic mass is 10.1. The lowest BCUT2D eigenvalue weighted by Gasteiger charge is -2.34. The second-order valence-corrected chi connectivity index (χ2v) is 4.42. The lowest BCUT2D eigenvalue weighted by molar-refractivity contribution is -0.201. The Labute approximate surface area is 108 Å². The van der Waals surface area contributed by atoms with E-state index in [4.69, 9.17) is 33.8 Å². The van der Waals surface area contributed by atoms with Gasteiger partial charge in [0.15, 0.2) is 6.29 Å². The fourth-order valence-electron chi connectivity index (χ4n) is 1.62. The molecule has 0 amide bonds. The van der Waals surface area contributed by atoms with Gasteiger partial charge in [0.2, 0.25) is 0 Å². The van der Waals surface area contributed by atoms with E-state index in [1.807, 2.05) is 0 Å². The van der Waals surface area contributed by atoms with Gasteiger partial charge in [0.25, 0.3) is 0 Å². The lowest BCUT2D eigenvalue weighted by Crippen LogP contribution is -2.50. The highest BCUT2D eigenvalue weighted by atomic mass is 35.5. The van der Waals surface area contributed by atoms with Crippen molar-refractivity contribution in [3.63, 3.8) is 0 Å². The molecular formula is C10H11Cl2N3O2. The number of hydrogen-bond acceptors (Lipinski definition) is 5. The van der Waals surface area contributed by atoms with E-state index in [0.717, 1.165) is 11.3 Å². The van der Waals surface area contributed by atoms with E-state index in [9.17, 15) is 4.79 Å². The first kappa shape index (κ1) is 12.4. The van der Waals surface area contributed by atoms with Crippen LogP contribution in [0.4, 0.5) is 5.69 Å². The Kier molecular flexibility index (Phi) is 3.44. The minimum Gasteiger partial charge on any atom is -0.365 e. The summed E-state index contributed by atoms with van der Waals surface area (Å²) >= 11 is 12.0. The van der Waals surface area contributed by atoms with Gasteiger partial charge < -0.3 is 10.2 Å². The molecule has 0 radical (unpaired) electrons. The van der Waals surface area contributed by atoms with Crippen LogP contribution in [0.2, 0.25) is 10.0 Å². The minimum absolute atomic E-state index is 0.294. The van der Waals surface area contributed by atoms with Crippen molar-refractivity contribution in [1.82, 2.24) is 5.06 Å². The Balaban J connectivity index is 2.32. The first-order valence-corrected chi connectivity index (χ1v) is 5.69. The van der Waals surface area contributed by atoms with Gasteiger partial charge in [-0.15, -0.1) is 0 Å². The Morgan fingerprint density at radius 2 is 2.29 bits per heavy atom. The predicted octanol–water partition coefficient (Wildman–Crippen LogP) is 1.94. The Bertz CT molecular complexity index is 467. The summed E-state index contributed by atoms with van der Waals surface area (Å²) in [6.45, 7) is 1.60. The molecule has 17 heavy (non-hydrogen) atoms. The van der Waals surface area contributed by atoms with Crippen LogP contribution < -0.4 is 11.1 Å². The van der Waals surface area contributed by atoms with Crippen LogP contribution in [-0.2, 0) is 16.2 Å². The third kappa shape index (κ3) is 2.47. The fraction of sp³-hybridized carbons (Fsp3) is 0.300. The maximum atomic E-state index is 10.9. The summed E-state index contributed by atoms with van der Waals surface area (Å²) in [6, 6.07) is 3.47. The third-order valence-electron chi connectivity index (χ3n) is 2.37. The molecule has 1 aliphatic heterocycles. The Hall–Kier alpha value is -1.01. The zero-order valence-corrected chi connectivity index (χ0v) is 10.5. The molecule has 0 saturated carbocycles. The van der Waals surface area contributed by atoms with Crippen LogP contribution in [-0.4, -0.2) is 17.3 Å². The van der Waals surface area contributed by atoms with Gasteiger partial charge in [-0.05, 0) is 12.1 Å². The topological polar surface area (TPSA) is 67.6 Å². The van der Waals surface area contributed by atoms with Gasteiger partial charge in [-0.1, -0.05) is 28.3 Å². The van der Waals surface area contributed by atoms with Gasteiger partial charge in [0.1, 0.15) is 0 Å². The highest BCUT2D eigenvalue weighted by Gasteiger charge is 2.27. The highest BCUT2D eigenvalue weighted by molar-refractivity contribution is 6.42. The number of fused-ring (bicyclic) bond motifs is 1. The molecule has 5 nitrogen and oxygen atoms in total. The number of rotatable bonds is 1. The SMILES string of the molecule is CC(=O)ON1Cc2c(ccc(Cl)c2Cl)NC1N. The number of hydrogen-bond donors (Lipinski definition) is 2. The first-order valence-electron chi connectivity index (χ1n) is 4.93. The average Bonchev–Trinajstić information content (AvgIpc) is 2.25. The molecule has 0 bridgehead atoms. The molecule has 2 rings (SSSR count). The Morgan fingerprint density at radius 1 is 1.59 bits per heavy atom. The maximum absolute atomic E-state index is 10.9. The zero-order valence-electron chi connectivity index (χ0n) is 9.04. The van der Waals surface area contributed by atoms with Crippen LogP contribution >= 0.6 is 23.2 Å². The summed E-state index contributed by atoms with van der Waals surface area (Å²) in [7, 11) is 0. The van der Waals surface area contributed by atoms with E-state index >= 15 is 0 Å². The average molecular weight is 276 g/mol.